The van der Waals surface area contributed by atoms with Crippen molar-refractivity contribution in [3.8, 4) is 0 Å². The minimum Gasteiger partial charge on any atom is -1.00 e. The number of hydrogen-bond donors (Lipinski definition) is 1. The summed E-state index contributed by atoms with van der Waals surface area (Å²) in [5.74, 6) is 1.04. The third-order valence-corrected chi connectivity index (χ3v) is 11.1. The molecule has 1 aliphatic heterocycles. The van der Waals surface area contributed by atoms with Crippen LogP contribution >= 0.6 is 0 Å². The first kappa shape index (κ1) is 45.2. The van der Waals surface area contributed by atoms with Crippen LogP contribution in [0.15, 0.2) is 0 Å². The molecule has 45 heavy (non-hydrogen) atoms. The molecule has 0 amide bonds. The average Bonchev–Trinajstić information content (AvgIpc) is 3.04. The van der Waals surface area contributed by atoms with Gasteiger partial charge in [0.25, 0.3) is 0 Å². The second-order valence-corrected chi connectivity index (χ2v) is 15.6. The summed E-state index contributed by atoms with van der Waals surface area (Å²) >= 11 is 0. The summed E-state index contributed by atoms with van der Waals surface area (Å²) in [7, 11) is 0. The second-order valence-electron chi connectivity index (χ2n) is 15.6. The zero-order valence-electron chi connectivity index (χ0n) is 31.7. The van der Waals surface area contributed by atoms with Crippen molar-refractivity contribution in [2.24, 2.45) is 5.92 Å². The Labute approximate surface area is 293 Å². The van der Waals surface area contributed by atoms with Crippen LogP contribution in [0.4, 0.5) is 0 Å². The molecular weight excluding hydrogens is 566 g/mol. The predicted molar refractivity (Wildman–Crippen MR) is 201 cm³/mol. The molecule has 1 fully saturated rings. The number of halogens is 1. The van der Waals surface area contributed by atoms with Crippen LogP contribution in [0.2, 0.25) is 0 Å². The lowest BCUT2D eigenvalue weighted by Gasteiger charge is -2.30. The van der Waals surface area contributed by atoms with Gasteiger partial charge in [-0.05, 0) is 32.1 Å². The molecule has 272 valence electrons. The Morgan fingerprint density at radius 2 is 0.667 bits per heavy atom. The smallest absolute Gasteiger partial charge is 0.0799 e. The number of rotatable bonds is 36. The molecule has 1 rings (SSSR count). The van der Waals surface area contributed by atoms with Gasteiger partial charge in [-0.2, -0.15) is 0 Å². The summed E-state index contributed by atoms with van der Waals surface area (Å²) in [4.78, 5) is 1.95. The summed E-state index contributed by atoms with van der Waals surface area (Å²) < 4.78 is 0. The molecule has 0 bridgehead atoms. The molecule has 0 saturated carbocycles. The maximum absolute atomic E-state index is 2.31. The van der Waals surface area contributed by atoms with Crippen LogP contribution < -0.4 is 17.3 Å². The van der Waals surface area contributed by atoms with Crippen molar-refractivity contribution in [2.45, 2.75) is 251 Å². The van der Waals surface area contributed by atoms with E-state index in [0.29, 0.717) is 0 Å². The van der Waals surface area contributed by atoms with Gasteiger partial charge in [0.2, 0.25) is 0 Å². The van der Waals surface area contributed by atoms with E-state index in [0.717, 1.165) is 5.92 Å². The molecule has 1 aliphatic rings. The molecular formula is C43H88ClN. The number of piperidine rings is 1. The van der Waals surface area contributed by atoms with Crippen molar-refractivity contribution in [2.75, 3.05) is 19.6 Å². The number of quaternary nitrogens is 1. The molecule has 0 spiro atoms. The minimum atomic E-state index is 0. The van der Waals surface area contributed by atoms with E-state index in [2.05, 4.69) is 13.8 Å². The van der Waals surface area contributed by atoms with Gasteiger partial charge < -0.3 is 17.3 Å². The topological polar surface area (TPSA) is 4.44 Å². The SMILES string of the molecule is CCCCCCCCCCCCCCCCCCCC1CCC[NH+](CCCCCCCCCCCCCCCCCCC)C1.[Cl-]. The Balaban J connectivity index is 0.0000194. The number of hydrogen-bond acceptors (Lipinski definition) is 0. The van der Waals surface area contributed by atoms with E-state index in [1.54, 1.807) is 0 Å². The van der Waals surface area contributed by atoms with Crippen molar-refractivity contribution in [1.82, 2.24) is 0 Å². The highest BCUT2D eigenvalue weighted by molar-refractivity contribution is 4.63. The maximum Gasteiger partial charge on any atom is 0.0799 e. The van der Waals surface area contributed by atoms with Crippen LogP contribution in [0.25, 0.3) is 0 Å². The number of unbranched alkanes of at least 4 members (excludes halogenated alkanes) is 32. The molecule has 2 heteroatoms. The minimum absolute atomic E-state index is 0. The third-order valence-electron chi connectivity index (χ3n) is 11.1. The molecule has 2 atom stereocenters. The molecule has 0 aromatic heterocycles. The highest BCUT2D eigenvalue weighted by Gasteiger charge is 2.22. The van der Waals surface area contributed by atoms with Gasteiger partial charge in [0, 0.05) is 5.92 Å². The van der Waals surface area contributed by atoms with Crippen LogP contribution in [-0.2, 0) is 0 Å². The molecule has 0 aromatic carbocycles. The van der Waals surface area contributed by atoms with Crippen molar-refractivity contribution in [3.05, 3.63) is 0 Å². The standard InChI is InChI=1S/C43H87N.ClH/c1-3-5-7-9-11-13-15-17-19-21-23-25-27-29-31-33-35-38-43-39-37-41-44(42-43)40-36-34-32-30-28-26-24-22-20-18-16-14-12-10-8-6-4-2;/h43H,3-42H2,1-2H3;1H. The van der Waals surface area contributed by atoms with E-state index in [9.17, 15) is 0 Å². The fraction of sp³-hybridized carbons (Fsp3) is 1.00. The lowest BCUT2D eigenvalue weighted by Crippen LogP contribution is -3.13. The van der Waals surface area contributed by atoms with E-state index in [1.165, 1.54) is 257 Å². The molecule has 2 unspecified atom stereocenters. The highest BCUT2D eigenvalue weighted by Crippen LogP contribution is 2.19. The quantitative estimate of drug-likeness (QED) is 0.0642. The van der Waals surface area contributed by atoms with Crippen LogP contribution in [-0.4, -0.2) is 19.6 Å². The predicted octanol–water partition coefficient (Wildman–Crippen LogP) is 11.0. The van der Waals surface area contributed by atoms with E-state index in [1.807, 2.05) is 4.90 Å². The Bertz CT molecular complexity index is 478. The first-order valence-electron chi connectivity index (χ1n) is 21.7. The van der Waals surface area contributed by atoms with Crippen LogP contribution in [0.3, 0.4) is 0 Å². The molecule has 1 heterocycles. The highest BCUT2D eigenvalue weighted by atomic mass is 35.5. The van der Waals surface area contributed by atoms with Crippen LogP contribution in [0, 0.1) is 5.92 Å². The van der Waals surface area contributed by atoms with Gasteiger partial charge in [-0.15, -0.1) is 0 Å². The number of likely N-dealkylation sites (tertiary alicyclic amines) is 1. The monoisotopic (exact) mass is 654 g/mol. The lowest BCUT2D eigenvalue weighted by atomic mass is 9.92. The fourth-order valence-corrected chi connectivity index (χ4v) is 7.98. The van der Waals surface area contributed by atoms with Gasteiger partial charge in [-0.1, -0.05) is 219 Å². The van der Waals surface area contributed by atoms with Crippen molar-refractivity contribution >= 4 is 0 Å². The van der Waals surface area contributed by atoms with Crippen molar-refractivity contribution in [3.63, 3.8) is 0 Å². The normalized spacial score (nSPS) is 16.7. The third kappa shape index (κ3) is 33.9. The van der Waals surface area contributed by atoms with Crippen LogP contribution in [0.5, 0.6) is 0 Å². The molecule has 1 N–H and O–H groups in total. The first-order chi connectivity index (χ1) is 21.9. The van der Waals surface area contributed by atoms with Gasteiger partial charge in [0.05, 0.1) is 19.6 Å². The van der Waals surface area contributed by atoms with E-state index >= 15 is 0 Å². The lowest BCUT2D eigenvalue weighted by molar-refractivity contribution is -0.909. The summed E-state index contributed by atoms with van der Waals surface area (Å²) in [5.41, 5.74) is 0. The van der Waals surface area contributed by atoms with Crippen molar-refractivity contribution in [1.29, 1.82) is 0 Å². The van der Waals surface area contributed by atoms with E-state index in [4.69, 9.17) is 0 Å². The zero-order valence-corrected chi connectivity index (χ0v) is 32.5. The Hall–Kier alpha value is 0.250. The molecule has 0 aromatic rings. The Morgan fingerprint density at radius 1 is 0.378 bits per heavy atom. The van der Waals surface area contributed by atoms with Gasteiger partial charge in [-0.3, -0.25) is 0 Å². The summed E-state index contributed by atoms with van der Waals surface area (Å²) in [6.07, 6.45) is 54.9. The molecule has 0 aliphatic carbocycles. The van der Waals surface area contributed by atoms with Gasteiger partial charge in [-0.25, -0.2) is 0 Å². The summed E-state index contributed by atoms with van der Waals surface area (Å²) in [6.45, 7) is 9.06. The Morgan fingerprint density at radius 3 is 1.00 bits per heavy atom. The zero-order chi connectivity index (χ0) is 31.4. The molecule has 1 saturated heterocycles. The summed E-state index contributed by atoms with van der Waals surface area (Å²) in [5, 5.41) is 0. The first-order valence-corrected chi connectivity index (χ1v) is 21.7. The number of nitrogens with one attached hydrogen (secondary N) is 1. The van der Waals surface area contributed by atoms with Crippen molar-refractivity contribution < 1.29 is 17.3 Å². The average molecular weight is 655 g/mol. The maximum atomic E-state index is 2.31. The van der Waals surface area contributed by atoms with Crippen LogP contribution in [0.1, 0.15) is 251 Å². The molecule has 0 radical (unpaired) electrons. The Kier molecular flexibility index (Phi) is 38.9. The van der Waals surface area contributed by atoms with E-state index in [-0.39, 0.29) is 12.4 Å². The van der Waals surface area contributed by atoms with Gasteiger partial charge in [0.15, 0.2) is 0 Å². The summed E-state index contributed by atoms with van der Waals surface area (Å²) in [6, 6.07) is 0. The fourth-order valence-electron chi connectivity index (χ4n) is 7.98. The largest absolute Gasteiger partial charge is 1.00 e. The second kappa shape index (κ2) is 38.7. The molecule has 1 nitrogen and oxygen atoms in total. The van der Waals surface area contributed by atoms with Gasteiger partial charge >= 0.3 is 0 Å². The van der Waals surface area contributed by atoms with E-state index < -0.39 is 0 Å². The van der Waals surface area contributed by atoms with Gasteiger partial charge in [0.1, 0.15) is 0 Å².